The number of benzene rings is 2. The van der Waals surface area contributed by atoms with Crippen molar-refractivity contribution < 1.29 is 19.4 Å². The minimum atomic E-state index is -0.805. The molecule has 0 bridgehead atoms. The van der Waals surface area contributed by atoms with Gasteiger partial charge in [-0.15, -0.1) is 0 Å². The summed E-state index contributed by atoms with van der Waals surface area (Å²) in [5.41, 5.74) is 0.248. The summed E-state index contributed by atoms with van der Waals surface area (Å²) < 4.78 is 11.1. The van der Waals surface area contributed by atoms with Crippen molar-refractivity contribution in [3.05, 3.63) is 42.0 Å². The molecular weight excluding hydrogens is 282 g/mol. The van der Waals surface area contributed by atoms with Gasteiger partial charge in [0.25, 0.3) is 5.91 Å². The molecule has 0 atom stereocenters. The Hall–Kier alpha value is -2.11. The van der Waals surface area contributed by atoms with Gasteiger partial charge in [0.2, 0.25) is 0 Å². The summed E-state index contributed by atoms with van der Waals surface area (Å²) in [7, 11) is 0. The number of fused-ring (bicyclic) bond motifs is 1. The van der Waals surface area contributed by atoms with Crippen molar-refractivity contribution in [1.82, 2.24) is 5.32 Å². The third kappa shape index (κ3) is 3.05. The van der Waals surface area contributed by atoms with Crippen molar-refractivity contribution in [2.45, 2.75) is 19.1 Å². The minimum Gasteiger partial charge on any atom is -0.507 e. The molecule has 0 aliphatic carbocycles. The van der Waals surface area contributed by atoms with Gasteiger partial charge in [0, 0.05) is 0 Å². The normalized spacial score (nSPS) is 17.3. The summed E-state index contributed by atoms with van der Waals surface area (Å²) in [4.78, 5) is 12.3. The Labute approximate surface area is 128 Å². The van der Waals surface area contributed by atoms with E-state index in [0.29, 0.717) is 13.2 Å². The molecule has 0 radical (unpaired) electrons. The maximum absolute atomic E-state index is 12.3. The Bertz CT molecular complexity index is 692. The Balaban J connectivity index is 1.75. The SMILES string of the molecule is CC1(CNC(=O)c2cc3ccccc3cc2O)OCCCO1. The van der Waals surface area contributed by atoms with Gasteiger partial charge in [-0.1, -0.05) is 24.3 Å². The van der Waals surface area contributed by atoms with Crippen LogP contribution < -0.4 is 5.32 Å². The van der Waals surface area contributed by atoms with Gasteiger partial charge in [-0.25, -0.2) is 0 Å². The number of hydrogen-bond acceptors (Lipinski definition) is 4. The lowest BCUT2D eigenvalue weighted by atomic mass is 10.1. The number of aromatic hydroxyl groups is 1. The smallest absolute Gasteiger partial charge is 0.255 e. The molecule has 1 heterocycles. The highest BCUT2D eigenvalue weighted by Gasteiger charge is 2.29. The molecule has 2 aromatic carbocycles. The summed E-state index contributed by atoms with van der Waals surface area (Å²) in [6.07, 6.45) is 0.856. The van der Waals surface area contributed by atoms with Crippen molar-refractivity contribution in [3.8, 4) is 5.75 Å². The molecule has 1 aliphatic rings. The molecule has 22 heavy (non-hydrogen) atoms. The van der Waals surface area contributed by atoms with Crippen molar-refractivity contribution in [2.75, 3.05) is 19.8 Å². The fraction of sp³-hybridized carbons (Fsp3) is 0.353. The minimum absolute atomic E-state index is 0.0353. The number of phenols is 1. The van der Waals surface area contributed by atoms with Crippen LogP contribution in [-0.2, 0) is 9.47 Å². The van der Waals surface area contributed by atoms with Crippen LogP contribution in [0.3, 0.4) is 0 Å². The van der Waals surface area contributed by atoms with Gasteiger partial charge in [0.05, 0.1) is 25.3 Å². The maximum Gasteiger partial charge on any atom is 0.255 e. The summed E-state index contributed by atoms with van der Waals surface area (Å²) in [6.45, 7) is 3.27. The Morgan fingerprint density at radius 2 is 1.86 bits per heavy atom. The zero-order valence-electron chi connectivity index (χ0n) is 12.5. The highest BCUT2D eigenvalue weighted by atomic mass is 16.7. The van der Waals surface area contributed by atoms with Crippen LogP contribution in [0.15, 0.2) is 36.4 Å². The van der Waals surface area contributed by atoms with E-state index < -0.39 is 5.79 Å². The van der Waals surface area contributed by atoms with Crippen LogP contribution in [-0.4, -0.2) is 36.6 Å². The van der Waals surface area contributed by atoms with E-state index in [2.05, 4.69) is 5.32 Å². The van der Waals surface area contributed by atoms with Crippen LogP contribution in [0.5, 0.6) is 5.75 Å². The molecule has 5 heteroatoms. The zero-order valence-corrected chi connectivity index (χ0v) is 12.5. The summed E-state index contributed by atoms with van der Waals surface area (Å²) in [6, 6.07) is 10.9. The van der Waals surface area contributed by atoms with Gasteiger partial charge in [0.1, 0.15) is 5.75 Å². The number of amides is 1. The number of carbonyl (C=O) groups excluding carboxylic acids is 1. The van der Waals surface area contributed by atoms with E-state index in [1.54, 1.807) is 19.1 Å². The van der Waals surface area contributed by atoms with Gasteiger partial charge in [0.15, 0.2) is 5.79 Å². The first-order valence-corrected chi connectivity index (χ1v) is 7.35. The summed E-state index contributed by atoms with van der Waals surface area (Å²) >= 11 is 0. The van der Waals surface area contributed by atoms with E-state index in [1.165, 1.54) is 0 Å². The summed E-state index contributed by atoms with van der Waals surface area (Å²) in [5, 5.41) is 14.6. The van der Waals surface area contributed by atoms with Crippen molar-refractivity contribution in [1.29, 1.82) is 0 Å². The van der Waals surface area contributed by atoms with E-state index in [4.69, 9.17) is 9.47 Å². The first kappa shape index (κ1) is 14.8. The van der Waals surface area contributed by atoms with Crippen LogP contribution in [0.2, 0.25) is 0 Å². The second kappa shape index (κ2) is 5.94. The predicted molar refractivity (Wildman–Crippen MR) is 82.9 cm³/mol. The van der Waals surface area contributed by atoms with E-state index >= 15 is 0 Å². The number of nitrogens with one attached hydrogen (secondary N) is 1. The van der Waals surface area contributed by atoms with Crippen LogP contribution in [0.4, 0.5) is 0 Å². The van der Waals surface area contributed by atoms with Crippen LogP contribution in [0.25, 0.3) is 10.8 Å². The average molecular weight is 301 g/mol. The molecule has 0 saturated carbocycles. The van der Waals surface area contributed by atoms with Crippen LogP contribution >= 0.6 is 0 Å². The van der Waals surface area contributed by atoms with Crippen molar-refractivity contribution in [3.63, 3.8) is 0 Å². The summed E-state index contributed by atoms with van der Waals surface area (Å²) in [5.74, 6) is -1.19. The van der Waals surface area contributed by atoms with Crippen molar-refractivity contribution in [2.24, 2.45) is 0 Å². The molecule has 1 fully saturated rings. The van der Waals surface area contributed by atoms with Gasteiger partial charge in [-0.2, -0.15) is 0 Å². The zero-order chi connectivity index (χ0) is 15.6. The van der Waals surface area contributed by atoms with Crippen LogP contribution in [0.1, 0.15) is 23.7 Å². The topological polar surface area (TPSA) is 67.8 Å². The first-order valence-electron chi connectivity index (χ1n) is 7.35. The monoisotopic (exact) mass is 301 g/mol. The van der Waals surface area contributed by atoms with Gasteiger partial charge in [-0.3, -0.25) is 4.79 Å². The Morgan fingerprint density at radius 1 is 1.23 bits per heavy atom. The number of ether oxygens (including phenoxy) is 2. The molecular formula is C17H19NO4. The lowest BCUT2D eigenvalue weighted by Crippen LogP contribution is -2.47. The van der Waals surface area contributed by atoms with Gasteiger partial charge >= 0.3 is 0 Å². The second-order valence-electron chi connectivity index (χ2n) is 5.58. The number of phenolic OH excluding ortho intramolecular Hbond substituents is 1. The molecule has 1 aliphatic heterocycles. The molecule has 5 nitrogen and oxygen atoms in total. The van der Waals surface area contributed by atoms with Crippen LogP contribution in [0, 0.1) is 0 Å². The molecule has 116 valence electrons. The van der Waals surface area contributed by atoms with E-state index in [9.17, 15) is 9.90 Å². The molecule has 0 unspecified atom stereocenters. The molecule has 1 amide bonds. The lowest BCUT2D eigenvalue weighted by Gasteiger charge is -2.33. The van der Waals surface area contributed by atoms with Gasteiger partial charge in [-0.05, 0) is 36.2 Å². The van der Waals surface area contributed by atoms with E-state index in [0.717, 1.165) is 17.2 Å². The maximum atomic E-state index is 12.3. The first-order chi connectivity index (χ1) is 10.6. The fourth-order valence-corrected chi connectivity index (χ4v) is 2.52. The highest BCUT2D eigenvalue weighted by Crippen LogP contribution is 2.25. The largest absolute Gasteiger partial charge is 0.507 e. The third-order valence-corrected chi connectivity index (χ3v) is 3.78. The van der Waals surface area contributed by atoms with Crippen molar-refractivity contribution >= 4 is 16.7 Å². The fourth-order valence-electron chi connectivity index (χ4n) is 2.52. The van der Waals surface area contributed by atoms with Gasteiger partial charge < -0.3 is 19.9 Å². The lowest BCUT2D eigenvalue weighted by molar-refractivity contribution is -0.251. The highest BCUT2D eigenvalue weighted by molar-refractivity contribution is 6.01. The standard InChI is InChI=1S/C17H19NO4/c1-17(21-7-4-8-22-17)11-18-16(20)14-9-12-5-2-3-6-13(12)10-15(14)19/h2-3,5-6,9-10,19H,4,7-8,11H2,1H3,(H,18,20). The molecule has 0 aromatic heterocycles. The average Bonchev–Trinajstić information content (AvgIpc) is 2.53. The predicted octanol–water partition coefficient (Wildman–Crippen LogP) is 2.43. The Kier molecular flexibility index (Phi) is 4.00. The molecule has 1 saturated heterocycles. The number of hydrogen-bond donors (Lipinski definition) is 2. The second-order valence-corrected chi connectivity index (χ2v) is 5.58. The number of rotatable bonds is 3. The Morgan fingerprint density at radius 3 is 2.55 bits per heavy atom. The molecule has 2 aromatic rings. The van der Waals surface area contributed by atoms with E-state index in [1.807, 2.05) is 24.3 Å². The number of carbonyl (C=O) groups is 1. The van der Waals surface area contributed by atoms with E-state index in [-0.39, 0.29) is 23.8 Å². The molecule has 2 N–H and O–H groups in total. The quantitative estimate of drug-likeness (QED) is 0.913. The third-order valence-electron chi connectivity index (χ3n) is 3.78. The molecule has 0 spiro atoms. The molecule has 3 rings (SSSR count).